The second-order valence-corrected chi connectivity index (χ2v) is 6.11. The molecule has 0 spiro atoms. The van der Waals surface area contributed by atoms with Crippen molar-refractivity contribution in [3.05, 3.63) is 74.8 Å². The lowest BCUT2D eigenvalue weighted by atomic mass is 10.1. The number of nitro groups is 1. The van der Waals surface area contributed by atoms with Gasteiger partial charge >= 0.3 is 5.97 Å². The number of nitrogens with one attached hydrogen (secondary N) is 1. The maximum absolute atomic E-state index is 12.3. The number of esters is 1. The van der Waals surface area contributed by atoms with E-state index in [0.717, 1.165) is 4.57 Å². The summed E-state index contributed by atoms with van der Waals surface area (Å²) in [5, 5.41) is 13.8. The van der Waals surface area contributed by atoms with Gasteiger partial charge in [-0.15, -0.1) is 0 Å². The highest BCUT2D eigenvalue weighted by molar-refractivity contribution is 5.94. The molecule has 0 saturated carbocycles. The number of aromatic nitrogens is 2. The molecule has 0 aliphatic heterocycles. The lowest BCUT2D eigenvalue weighted by Crippen LogP contribution is -2.28. The minimum atomic E-state index is -0.796. The summed E-state index contributed by atoms with van der Waals surface area (Å²) in [6.07, 6.45) is 1.23. The Balaban J connectivity index is 1.61. The zero-order chi connectivity index (χ0) is 21.0. The van der Waals surface area contributed by atoms with Crippen molar-refractivity contribution >= 4 is 34.2 Å². The number of hydrogen-bond donors (Lipinski definition) is 1. The topological polar surface area (TPSA) is 133 Å². The average molecular weight is 396 g/mol. The molecule has 0 radical (unpaired) electrons. The molecule has 0 bridgehead atoms. The Morgan fingerprint density at radius 3 is 2.72 bits per heavy atom. The Morgan fingerprint density at radius 1 is 1.21 bits per heavy atom. The lowest BCUT2D eigenvalue weighted by Gasteiger charge is -2.10. The van der Waals surface area contributed by atoms with Crippen LogP contribution in [0.4, 0.5) is 11.4 Å². The Kier molecular flexibility index (Phi) is 5.63. The van der Waals surface area contributed by atoms with Gasteiger partial charge in [-0.3, -0.25) is 29.1 Å². The van der Waals surface area contributed by atoms with Crippen molar-refractivity contribution in [2.24, 2.45) is 0 Å². The van der Waals surface area contributed by atoms with E-state index in [-0.39, 0.29) is 16.9 Å². The zero-order valence-electron chi connectivity index (χ0n) is 15.3. The zero-order valence-corrected chi connectivity index (χ0v) is 15.3. The Bertz CT molecular complexity index is 1170. The van der Waals surface area contributed by atoms with E-state index in [4.69, 9.17) is 4.74 Å². The molecule has 29 heavy (non-hydrogen) atoms. The Hall–Kier alpha value is -4.08. The fourth-order valence-corrected chi connectivity index (χ4v) is 2.69. The lowest BCUT2D eigenvalue weighted by molar-refractivity contribution is -0.385. The van der Waals surface area contributed by atoms with Crippen molar-refractivity contribution in [2.75, 3.05) is 11.9 Å². The van der Waals surface area contributed by atoms with E-state index in [0.29, 0.717) is 10.9 Å². The highest BCUT2D eigenvalue weighted by Crippen LogP contribution is 2.24. The molecule has 2 aromatic carbocycles. The van der Waals surface area contributed by atoms with Crippen LogP contribution >= 0.6 is 0 Å². The predicted octanol–water partition coefficient (Wildman–Crippen LogP) is 1.80. The highest BCUT2D eigenvalue weighted by atomic mass is 16.6. The molecule has 1 aromatic heterocycles. The van der Waals surface area contributed by atoms with Crippen LogP contribution in [-0.4, -0.2) is 33.0 Å². The van der Waals surface area contributed by atoms with E-state index in [1.165, 1.54) is 31.5 Å². The summed E-state index contributed by atoms with van der Waals surface area (Å²) in [5.41, 5.74) is 0.502. The summed E-state index contributed by atoms with van der Waals surface area (Å²) < 4.78 is 5.98. The number of carbonyl (C=O) groups excluding carboxylic acids is 2. The number of anilines is 1. The van der Waals surface area contributed by atoms with Crippen molar-refractivity contribution in [3.8, 4) is 0 Å². The molecule has 10 heteroatoms. The first-order chi connectivity index (χ1) is 13.9. The van der Waals surface area contributed by atoms with Crippen LogP contribution < -0.4 is 10.9 Å². The molecule has 0 aliphatic rings. The van der Waals surface area contributed by atoms with Crippen LogP contribution in [0.15, 0.2) is 53.6 Å². The molecule has 1 amide bonds. The van der Waals surface area contributed by atoms with Gasteiger partial charge in [-0.1, -0.05) is 18.2 Å². The molecular weight excluding hydrogens is 380 g/mol. The van der Waals surface area contributed by atoms with E-state index in [9.17, 15) is 24.5 Å². The van der Waals surface area contributed by atoms with Crippen LogP contribution in [-0.2, 0) is 20.9 Å². The predicted molar refractivity (Wildman–Crippen MR) is 103 cm³/mol. The standard InChI is InChI=1S/C19H16N4O6/c1-12-14(7-4-8-16(12)23(27)28)21-17(24)10-29-18(25)9-22-11-20-15-6-3-2-5-13(15)19(22)26/h2-8,11H,9-10H2,1H3,(H,21,24). The van der Waals surface area contributed by atoms with Crippen molar-refractivity contribution in [2.45, 2.75) is 13.5 Å². The molecular formula is C19H16N4O6. The minimum absolute atomic E-state index is 0.136. The van der Waals surface area contributed by atoms with Crippen molar-refractivity contribution in [1.82, 2.24) is 9.55 Å². The van der Waals surface area contributed by atoms with Gasteiger partial charge in [0.1, 0.15) is 6.54 Å². The van der Waals surface area contributed by atoms with E-state index < -0.39 is 35.5 Å². The van der Waals surface area contributed by atoms with Gasteiger partial charge in [-0.2, -0.15) is 0 Å². The van der Waals surface area contributed by atoms with E-state index >= 15 is 0 Å². The summed E-state index contributed by atoms with van der Waals surface area (Å²) in [4.78, 5) is 50.8. The van der Waals surface area contributed by atoms with Crippen molar-refractivity contribution in [1.29, 1.82) is 0 Å². The number of para-hydroxylation sites is 1. The number of fused-ring (bicyclic) bond motifs is 1. The minimum Gasteiger partial charge on any atom is -0.454 e. The maximum Gasteiger partial charge on any atom is 0.326 e. The monoisotopic (exact) mass is 396 g/mol. The molecule has 0 atom stereocenters. The molecule has 148 valence electrons. The van der Waals surface area contributed by atoms with Crippen LogP contribution in [0.3, 0.4) is 0 Å². The third-order valence-electron chi connectivity index (χ3n) is 4.17. The number of benzene rings is 2. The first kappa shape index (κ1) is 19.7. The van der Waals surface area contributed by atoms with Gasteiger partial charge in [0.05, 0.1) is 33.4 Å². The summed E-state index contributed by atoms with van der Waals surface area (Å²) >= 11 is 0. The van der Waals surface area contributed by atoms with Gasteiger partial charge in [-0.05, 0) is 25.1 Å². The summed E-state index contributed by atoms with van der Waals surface area (Å²) in [6, 6.07) is 11.0. The van der Waals surface area contributed by atoms with Crippen LogP contribution in [0.25, 0.3) is 10.9 Å². The normalized spacial score (nSPS) is 10.5. The van der Waals surface area contributed by atoms with Gasteiger partial charge in [-0.25, -0.2) is 4.98 Å². The molecule has 0 saturated heterocycles. The van der Waals surface area contributed by atoms with Crippen molar-refractivity contribution in [3.63, 3.8) is 0 Å². The smallest absolute Gasteiger partial charge is 0.326 e. The van der Waals surface area contributed by atoms with Gasteiger partial charge in [0.25, 0.3) is 17.2 Å². The van der Waals surface area contributed by atoms with E-state index in [1.807, 2.05) is 0 Å². The first-order valence-electron chi connectivity index (χ1n) is 8.50. The number of amides is 1. The second kappa shape index (κ2) is 8.30. The van der Waals surface area contributed by atoms with Gasteiger partial charge < -0.3 is 10.1 Å². The molecule has 1 N–H and O–H groups in total. The molecule has 0 unspecified atom stereocenters. The van der Waals surface area contributed by atoms with E-state index in [1.54, 1.807) is 24.3 Å². The van der Waals surface area contributed by atoms with Crippen LogP contribution in [0.1, 0.15) is 5.56 Å². The molecule has 0 fully saturated rings. The summed E-state index contributed by atoms with van der Waals surface area (Å²) in [6.45, 7) is 0.495. The molecule has 1 heterocycles. The number of nitrogens with zero attached hydrogens (tertiary/aromatic N) is 3. The molecule has 3 aromatic rings. The Labute approximate surface area is 163 Å². The van der Waals surface area contributed by atoms with Crippen LogP contribution in [0, 0.1) is 17.0 Å². The maximum atomic E-state index is 12.3. The third-order valence-corrected chi connectivity index (χ3v) is 4.17. The fraction of sp³-hybridized carbons (Fsp3) is 0.158. The number of ether oxygens (including phenoxy) is 1. The largest absolute Gasteiger partial charge is 0.454 e. The van der Waals surface area contributed by atoms with E-state index in [2.05, 4.69) is 10.3 Å². The number of nitro benzene ring substituents is 1. The fourth-order valence-electron chi connectivity index (χ4n) is 2.69. The van der Waals surface area contributed by atoms with Crippen LogP contribution in [0.2, 0.25) is 0 Å². The number of carbonyl (C=O) groups is 2. The third kappa shape index (κ3) is 4.43. The van der Waals surface area contributed by atoms with Gasteiger partial charge in [0.15, 0.2) is 6.61 Å². The number of hydrogen-bond acceptors (Lipinski definition) is 7. The average Bonchev–Trinajstić information content (AvgIpc) is 2.70. The molecule has 10 nitrogen and oxygen atoms in total. The second-order valence-electron chi connectivity index (χ2n) is 6.11. The molecule has 0 aliphatic carbocycles. The van der Waals surface area contributed by atoms with Crippen LogP contribution in [0.5, 0.6) is 0 Å². The van der Waals surface area contributed by atoms with Gasteiger partial charge in [0.2, 0.25) is 0 Å². The Morgan fingerprint density at radius 2 is 1.97 bits per heavy atom. The number of rotatable bonds is 6. The summed E-state index contributed by atoms with van der Waals surface area (Å²) in [7, 11) is 0. The molecule has 3 rings (SSSR count). The highest BCUT2D eigenvalue weighted by Gasteiger charge is 2.16. The van der Waals surface area contributed by atoms with Crippen molar-refractivity contribution < 1.29 is 19.2 Å². The SMILES string of the molecule is Cc1c(NC(=O)COC(=O)Cn2cnc3ccccc3c2=O)cccc1[N+](=O)[O-]. The summed E-state index contributed by atoms with van der Waals surface area (Å²) in [5.74, 6) is -1.46. The quantitative estimate of drug-likeness (QED) is 0.381. The van der Waals surface area contributed by atoms with Gasteiger partial charge in [0, 0.05) is 6.07 Å². The first-order valence-corrected chi connectivity index (χ1v) is 8.50.